The van der Waals surface area contributed by atoms with Crippen LogP contribution in [0.2, 0.25) is 5.02 Å². The SMILES string of the molecule is Cc1ccc(Cn2cc(-c3cnc4c(Nc5ccc(C(=O)N6CCNCC6)c(Cl)c5)nccn34)c(C(F)(F)F)n2)nn1. The molecule has 1 amide bonds. The summed E-state index contributed by atoms with van der Waals surface area (Å²) < 4.78 is 44.9. The summed E-state index contributed by atoms with van der Waals surface area (Å²) in [6, 6.07) is 8.35. The lowest BCUT2D eigenvalue weighted by molar-refractivity contribution is -0.141. The molecule has 5 aromatic rings. The number of carbonyl (C=O) groups is 1. The molecule has 1 aliphatic heterocycles. The van der Waals surface area contributed by atoms with Gasteiger partial charge in [0.25, 0.3) is 5.91 Å². The Kier molecular flexibility index (Phi) is 7.24. The molecule has 2 N–H and O–H groups in total. The normalized spacial score (nSPS) is 14.0. The predicted octanol–water partition coefficient (Wildman–Crippen LogP) is 4.20. The maximum Gasteiger partial charge on any atom is 0.435 e. The average molecular weight is 597 g/mol. The number of fused-ring (bicyclic) bond motifs is 1. The first-order chi connectivity index (χ1) is 20.2. The Morgan fingerprint density at radius 3 is 2.64 bits per heavy atom. The number of aromatic nitrogens is 7. The summed E-state index contributed by atoms with van der Waals surface area (Å²) in [4.78, 5) is 23.3. The third-order valence-corrected chi connectivity index (χ3v) is 7.09. The highest BCUT2D eigenvalue weighted by molar-refractivity contribution is 6.34. The lowest BCUT2D eigenvalue weighted by Gasteiger charge is -2.27. The second-order valence-corrected chi connectivity index (χ2v) is 10.1. The number of nitrogens with one attached hydrogen (secondary N) is 2. The number of benzene rings is 1. The van der Waals surface area contributed by atoms with Crippen LogP contribution in [-0.4, -0.2) is 71.3 Å². The molecule has 0 unspecified atom stereocenters. The Hall–Kier alpha value is -4.56. The maximum absolute atomic E-state index is 14.1. The Labute approximate surface area is 242 Å². The van der Waals surface area contributed by atoms with Crippen LogP contribution >= 0.6 is 11.6 Å². The first-order valence-corrected chi connectivity index (χ1v) is 13.4. The molecular formula is C27H24ClF3N10O. The van der Waals surface area contributed by atoms with Crippen molar-refractivity contribution in [2.45, 2.75) is 19.6 Å². The minimum atomic E-state index is -4.71. The number of aryl methyl sites for hydroxylation is 1. The molecule has 216 valence electrons. The number of halogens is 4. The van der Waals surface area contributed by atoms with Gasteiger partial charge in [-0.2, -0.15) is 28.5 Å². The van der Waals surface area contributed by atoms with E-state index in [1.54, 1.807) is 42.2 Å². The minimum absolute atomic E-state index is 0.00929. The number of amides is 1. The van der Waals surface area contributed by atoms with E-state index >= 15 is 0 Å². The van der Waals surface area contributed by atoms with E-state index in [0.29, 0.717) is 35.7 Å². The molecule has 0 aliphatic carbocycles. The van der Waals surface area contributed by atoms with Gasteiger partial charge in [-0.25, -0.2) is 9.97 Å². The smallest absolute Gasteiger partial charge is 0.337 e. The third kappa shape index (κ3) is 5.50. The molecule has 0 radical (unpaired) electrons. The van der Waals surface area contributed by atoms with Crippen LogP contribution < -0.4 is 10.6 Å². The number of nitrogens with zero attached hydrogens (tertiary/aromatic N) is 8. The molecule has 1 aliphatic rings. The van der Waals surface area contributed by atoms with E-state index < -0.39 is 11.9 Å². The van der Waals surface area contributed by atoms with E-state index in [1.165, 1.54) is 33.9 Å². The van der Waals surface area contributed by atoms with E-state index in [9.17, 15) is 18.0 Å². The van der Waals surface area contributed by atoms with Crippen molar-refractivity contribution in [1.29, 1.82) is 0 Å². The summed E-state index contributed by atoms with van der Waals surface area (Å²) in [5, 5.41) is 18.4. The third-order valence-electron chi connectivity index (χ3n) is 6.78. The van der Waals surface area contributed by atoms with Gasteiger partial charge in [-0.1, -0.05) is 11.6 Å². The monoisotopic (exact) mass is 596 g/mol. The van der Waals surface area contributed by atoms with Crippen LogP contribution in [0.4, 0.5) is 24.7 Å². The first-order valence-electron chi connectivity index (χ1n) is 13.0. The van der Waals surface area contributed by atoms with Gasteiger partial charge in [0.05, 0.1) is 46.0 Å². The van der Waals surface area contributed by atoms with Gasteiger partial charge < -0.3 is 15.5 Å². The van der Waals surface area contributed by atoms with Gasteiger partial charge in [0.1, 0.15) is 0 Å². The number of rotatable bonds is 6. The topological polar surface area (TPSA) is 118 Å². The maximum atomic E-state index is 14.1. The van der Waals surface area contributed by atoms with Gasteiger partial charge in [0.15, 0.2) is 17.2 Å². The van der Waals surface area contributed by atoms with Crippen molar-refractivity contribution in [3.05, 3.63) is 82.8 Å². The zero-order valence-corrected chi connectivity index (χ0v) is 23.0. The van der Waals surface area contributed by atoms with Gasteiger partial charge in [-0.15, -0.1) is 0 Å². The van der Waals surface area contributed by atoms with Gasteiger partial charge in [-0.05, 0) is 37.3 Å². The van der Waals surface area contributed by atoms with Crippen LogP contribution in [0.25, 0.3) is 16.9 Å². The highest BCUT2D eigenvalue weighted by Crippen LogP contribution is 2.37. The summed E-state index contributed by atoms with van der Waals surface area (Å²) in [5.41, 5.74) is 1.35. The zero-order chi connectivity index (χ0) is 29.4. The van der Waals surface area contributed by atoms with Crippen LogP contribution in [-0.2, 0) is 12.7 Å². The van der Waals surface area contributed by atoms with E-state index in [2.05, 4.69) is 35.9 Å². The molecule has 5 heterocycles. The molecule has 1 saturated heterocycles. The molecule has 0 saturated carbocycles. The highest BCUT2D eigenvalue weighted by Gasteiger charge is 2.38. The molecule has 1 aromatic carbocycles. The number of imidazole rings is 1. The predicted molar refractivity (Wildman–Crippen MR) is 149 cm³/mol. The molecule has 42 heavy (non-hydrogen) atoms. The standard InChI is InChI=1S/C27H24ClF3N10O/c1-16-2-3-18(37-36-16)14-40-15-20(23(38-40)27(29,30)31)22-13-34-25-24(33-8-11-41(22)25)35-17-4-5-19(21(28)12-17)26(42)39-9-6-32-7-10-39/h2-5,8,11-13,15,32H,6-7,9-10,14H2,1H3,(H,33,35). The lowest BCUT2D eigenvalue weighted by atomic mass is 10.1. The molecule has 0 atom stereocenters. The number of hydrogen-bond acceptors (Lipinski definition) is 8. The minimum Gasteiger partial charge on any atom is -0.337 e. The van der Waals surface area contributed by atoms with Crippen molar-refractivity contribution in [3.63, 3.8) is 0 Å². The Morgan fingerprint density at radius 2 is 1.93 bits per heavy atom. The quantitative estimate of drug-likeness (QED) is 0.299. The number of piperazine rings is 1. The molecule has 15 heteroatoms. The fourth-order valence-electron chi connectivity index (χ4n) is 4.72. The van der Waals surface area contributed by atoms with Crippen molar-refractivity contribution in [3.8, 4) is 11.3 Å². The Morgan fingerprint density at radius 1 is 1.12 bits per heavy atom. The van der Waals surface area contributed by atoms with Crippen LogP contribution in [0.15, 0.2) is 55.1 Å². The average Bonchev–Trinajstić information content (AvgIpc) is 3.59. The zero-order valence-electron chi connectivity index (χ0n) is 22.2. The number of anilines is 2. The highest BCUT2D eigenvalue weighted by atomic mass is 35.5. The number of alkyl halides is 3. The van der Waals surface area contributed by atoms with Crippen LogP contribution in [0.3, 0.4) is 0 Å². The molecule has 6 rings (SSSR count). The van der Waals surface area contributed by atoms with Crippen molar-refractivity contribution >= 4 is 34.7 Å². The summed E-state index contributed by atoms with van der Waals surface area (Å²) in [7, 11) is 0. The Bertz CT molecular complexity index is 1760. The van der Waals surface area contributed by atoms with E-state index in [4.69, 9.17) is 11.6 Å². The molecule has 11 nitrogen and oxygen atoms in total. The second-order valence-electron chi connectivity index (χ2n) is 9.73. The molecule has 4 aromatic heterocycles. The van der Waals surface area contributed by atoms with E-state index in [1.807, 2.05) is 0 Å². The van der Waals surface area contributed by atoms with Gasteiger partial charge in [0.2, 0.25) is 0 Å². The summed E-state index contributed by atoms with van der Waals surface area (Å²) >= 11 is 6.47. The fourth-order valence-corrected chi connectivity index (χ4v) is 4.99. The Balaban J connectivity index is 1.30. The molecular weight excluding hydrogens is 573 g/mol. The van der Waals surface area contributed by atoms with E-state index in [-0.39, 0.29) is 40.2 Å². The number of carbonyl (C=O) groups excluding carboxylic acids is 1. The van der Waals surface area contributed by atoms with Crippen molar-refractivity contribution in [2.24, 2.45) is 0 Å². The molecule has 0 bridgehead atoms. The lowest BCUT2D eigenvalue weighted by Crippen LogP contribution is -2.46. The first kappa shape index (κ1) is 27.6. The second kappa shape index (κ2) is 11.0. The van der Waals surface area contributed by atoms with Crippen LogP contribution in [0.1, 0.15) is 27.4 Å². The van der Waals surface area contributed by atoms with Crippen LogP contribution in [0.5, 0.6) is 0 Å². The van der Waals surface area contributed by atoms with Gasteiger partial charge >= 0.3 is 6.18 Å². The summed E-state index contributed by atoms with van der Waals surface area (Å²) in [6.45, 7) is 4.41. The molecule has 0 spiro atoms. The van der Waals surface area contributed by atoms with Crippen molar-refractivity contribution in [2.75, 3.05) is 31.5 Å². The summed E-state index contributed by atoms with van der Waals surface area (Å²) in [5.74, 6) is 0.137. The van der Waals surface area contributed by atoms with Crippen molar-refractivity contribution < 1.29 is 18.0 Å². The fraction of sp³-hybridized carbons (Fsp3) is 0.259. The van der Waals surface area contributed by atoms with Crippen molar-refractivity contribution in [1.82, 2.24) is 44.6 Å². The van der Waals surface area contributed by atoms with Gasteiger partial charge in [0, 0.05) is 50.5 Å². The van der Waals surface area contributed by atoms with Crippen LogP contribution in [0, 0.1) is 6.92 Å². The largest absolute Gasteiger partial charge is 0.435 e. The number of hydrogen-bond donors (Lipinski definition) is 2. The van der Waals surface area contributed by atoms with Gasteiger partial charge in [-0.3, -0.25) is 13.9 Å². The van der Waals surface area contributed by atoms with E-state index in [0.717, 1.165) is 13.1 Å². The summed E-state index contributed by atoms with van der Waals surface area (Å²) in [6.07, 6.45) is 0.915. The molecule has 1 fully saturated rings.